The molecule has 4 rings (SSSR count). The molecule has 0 radical (unpaired) electrons. The van der Waals surface area contributed by atoms with Gasteiger partial charge in [-0.15, -0.1) is 0 Å². The molecular weight excluding hydrogens is 584 g/mol. The van der Waals surface area contributed by atoms with Crippen LogP contribution in [0.25, 0.3) is 0 Å². The third kappa shape index (κ3) is 8.08. The van der Waals surface area contributed by atoms with Gasteiger partial charge in [-0.25, -0.2) is 0 Å². The molecule has 0 spiro atoms. The van der Waals surface area contributed by atoms with Crippen molar-refractivity contribution in [1.29, 1.82) is 0 Å². The van der Waals surface area contributed by atoms with Gasteiger partial charge in [-0.2, -0.15) is 0 Å². The topological polar surface area (TPSA) is 144 Å². The van der Waals surface area contributed by atoms with Crippen molar-refractivity contribution < 1.29 is 52.7 Å². The van der Waals surface area contributed by atoms with Crippen molar-refractivity contribution in [3.63, 3.8) is 0 Å². The third-order valence-electron chi connectivity index (χ3n) is 8.22. The molecular formula is C34H42O11. The van der Waals surface area contributed by atoms with Gasteiger partial charge in [0.2, 0.25) is 11.9 Å². The molecule has 0 saturated carbocycles. The summed E-state index contributed by atoms with van der Waals surface area (Å²) >= 11 is 0. The first-order chi connectivity index (χ1) is 21.3. The second-order valence-corrected chi connectivity index (χ2v) is 11.6. The van der Waals surface area contributed by atoms with Crippen LogP contribution in [-0.4, -0.2) is 73.2 Å². The number of hydrogen-bond acceptors (Lipinski definition) is 11. The van der Waals surface area contributed by atoms with Gasteiger partial charge in [-0.05, 0) is 66.1 Å². The van der Waals surface area contributed by atoms with E-state index >= 15 is 0 Å². The molecule has 2 heterocycles. The Hall–Kier alpha value is -3.80. The summed E-state index contributed by atoms with van der Waals surface area (Å²) in [6.45, 7) is 9.34. The maximum atomic E-state index is 12.5. The molecule has 6 atom stereocenters. The number of benzene rings is 2. The summed E-state index contributed by atoms with van der Waals surface area (Å²) in [6.07, 6.45) is -3.67. The number of rotatable bonds is 10. The normalized spacial score (nSPS) is 26.2. The van der Waals surface area contributed by atoms with Crippen molar-refractivity contribution in [2.75, 3.05) is 19.8 Å². The van der Waals surface area contributed by atoms with Crippen molar-refractivity contribution in [3.05, 3.63) is 69.8 Å². The smallest absolute Gasteiger partial charge is 0.303 e. The van der Waals surface area contributed by atoms with Crippen LogP contribution in [-0.2, 0) is 66.2 Å². The van der Waals surface area contributed by atoms with E-state index in [2.05, 4.69) is 31.2 Å². The number of carbonyl (C=O) groups excluding carboxylic acids is 4. The first-order valence-electron chi connectivity index (χ1n) is 15.2. The summed E-state index contributed by atoms with van der Waals surface area (Å²) in [6, 6.07) is 11.8. The van der Waals surface area contributed by atoms with Crippen LogP contribution in [0.3, 0.4) is 0 Å². The lowest BCUT2D eigenvalue weighted by atomic mass is 9.82. The van der Waals surface area contributed by atoms with Crippen LogP contribution in [0.2, 0.25) is 0 Å². The minimum Gasteiger partial charge on any atom is -0.463 e. The third-order valence-corrected chi connectivity index (χ3v) is 8.22. The van der Waals surface area contributed by atoms with E-state index < -0.39 is 60.7 Å². The average Bonchev–Trinajstić information content (AvgIpc) is 3.51. The zero-order valence-corrected chi connectivity index (χ0v) is 26.6. The standard InChI is InChI=1S/C34H42O11/c1-7-24-8-10-25(11-9-24)14-27-15-28(16-29(19(27)2)26-12-13-40-17-26)34(39)33(44-23(6)38)32(43-22(5)37)31(42-21(4)36)30(45-34)18-41-20(3)35/h8-11,15-16,26,30-33,39H,7,12-14,17-18H2,1-6H3/t26-,30+,31+,32-,33+,34?/m0/s1. The van der Waals surface area contributed by atoms with Crippen molar-refractivity contribution in [2.24, 2.45) is 0 Å². The molecule has 45 heavy (non-hydrogen) atoms. The maximum Gasteiger partial charge on any atom is 0.303 e. The van der Waals surface area contributed by atoms with E-state index in [4.69, 9.17) is 28.4 Å². The van der Waals surface area contributed by atoms with Gasteiger partial charge < -0.3 is 33.5 Å². The molecule has 2 aromatic rings. The van der Waals surface area contributed by atoms with Crippen LogP contribution in [0.5, 0.6) is 0 Å². The van der Waals surface area contributed by atoms with Crippen LogP contribution in [0.15, 0.2) is 36.4 Å². The van der Waals surface area contributed by atoms with E-state index in [-0.39, 0.29) is 11.5 Å². The number of carbonyl (C=O) groups is 4. The molecule has 2 aliphatic heterocycles. The number of ether oxygens (including phenoxy) is 6. The molecule has 1 unspecified atom stereocenters. The minimum absolute atomic E-state index is 0.0282. The molecule has 0 aromatic heterocycles. The molecule has 0 bridgehead atoms. The maximum absolute atomic E-state index is 12.5. The van der Waals surface area contributed by atoms with E-state index in [0.717, 1.165) is 55.9 Å². The van der Waals surface area contributed by atoms with Crippen molar-refractivity contribution in [3.8, 4) is 0 Å². The summed E-state index contributed by atoms with van der Waals surface area (Å²) in [4.78, 5) is 48.8. The highest BCUT2D eigenvalue weighted by Crippen LogP contribution is 2.43. The molecule has 0 amide bonds. The summed E-state index contributed by atoms with van der Waals surface area (Å²) in [7, 11) is 0. The van der Waals surface area contributed by atoms with Gasteiger partial charge in [0.15, 0.2) is 12.2 Å². The summed E-state index contributed by atoms with van der Waals surface area (Å²) in [5.41, 5.74) is 5.32. The van der Waals surface area contributed by atoms with E-state index in [1.54, 1.807) is 12.1 Å². The van der Waals surface area contributed by atoms with Crippen molar-refractivity contribution in [2.45, 2.75) is 96.9 Å². The lowest BCUT2D eigenvalue weighted by molar-refractivity contribution is -0.360. The van der Waals surface area contributed by atoms with Crippen LogP contribution < -0.4 is 0 Å². The first kappa shape index (κ1) is 34.1. The van der Waals surface area contributed by atoms with Crippen LogP contribution in [0.1, 0.15) is 80.3 Å². The molecule has 11 nitrogen and oxygen atoms in total. The van der Waals surface area contributed by atoms with Gasteiger partial charge >= 0.3 is 23.9 Å². The van der Waals surface area contributed by atoms with E-state index in [9.17, 15) is 24.3 Å². The number of aryl methyl sites for hydroxylation is 1. The lowest BCUT2D eigenvalue weighted by Crippen LogP contribution is -2.66. The SMILES string of the molecule is CCc1ccc(Cc2cc(C3(O)O[C@H](COC(C)=O)[C@@H](OC(C)=O)[C@H](OC(C)=O)[C@H]3OC(C)=O)cc([C@H]3CCOC3)c2C)cc1. The Balaban J connectivity index is 1.90. The van der Waals surface area contributed by atoms with E-state index in [0.29, 0.717) is 19.6 Å². The van der Waals surface area contributed by atoms with Crippen LogP contribution in [0, 0.1) is 6.92 Å². The Labute approximate surface area is 263 Å². The molecule has 0 aliphatic carbocycles. The summed E-state index contributed by atoms with van der Waals surface area (Å²) < 4.78 is 33.8. The van der Waals surface area contributed by atoms with Crippen LogP contribution in [0.4, 0.5) is 0 Å². The quantitative estimate of drug-likeness (QED) is 0.305. The second kappa shape index (κ2) is 14.5. The molecule has 244 valence electrons. The van der Waals surface area contributed by atoms with Gasteiger partial charge in [0.05, 0.1) is 6.61 Å². The van der Waals surface area contributed by atoms with Gasteiger partial charge in [0.25, 0.3) is 0 Å². The Morgan fingerprint density at radius 1 is 0.889 bits per heavy atom. The van der Waals surface area contributed by atoms with Gasteiger partial charge in [0, 0.05) is 45.8 Å². The average molecular weight is 627 g/mol. The van der Waals surface area contributed by atoms with Gasteiger partial charge in [0.1, 0.15) is 12.7 Å². The fourth-order valence-corrected chi connectivity index (χ4v) is 6.02. The molecule has 2 aromatic carbocycles. The molecule has 2 fully saturated rings. The van der Waals surface area contributed by atoms with E-state index in [1.165, 1.54) is 12.5 Å². The molecule has 2 saturated heterocycles. The summed E-state index contributed by atoms with van der Waals surface area (Å²) in [5.74, 6) is -5.38. The second-order valence-electron chi connectivity index (χ2n) is 11.6. The highest BCUT2D eigenvalue weighted by molar-refractivity contribution is 5.69. The summed E-state index contributed by atoms with van der Waals surface area (Å²) in [5, 5.41) is 12.5. The van der Waals surface area contributed by atoms with Crippen molar-refractivity contribution >= 4 is 23.9 Å². The Kier molecular flexibility index (Phi) is 11.0. The predicted molar refractivity (Wildman–Crippen MR) is 160 cm³/mol. The predicted octanol–water partition coefficient (Wildman–Crippen LogP) is 3.55. The number of hydrogen-bond donors (Lipinski definition) is 1. The highest BCUT2D eigenvalue weighted by atomic mass is 16.7. The Morgan fingerprint density at radius 3 is 2.07 bits per heavy atom. The van der Waals surface area contributed by atoms with Gasteiger partial charge in [-0.3, -0.25) is 19.2 Å². The Bertz CT molecular complexity index is 1400. The number of esters is 4. The van der Waals surface area contributed by atoms with Crippen LogP contribution >= 0.6 is 0 Å². The molecule has 1 N–H and O–H groups in total. The highest BCUT2D eigenvalue weighted by Gasteiger charge is 2.60. The largest absolute Gasteiger partial charge is 0.463 e. The first-order valence-corrected chi connectivity index (χ1v) is 15.2. The zero-order valence-electron chi connectivity index (χ0n) is 26.6. The molecule has 11 heteroatoms. The number of aliphatic hydroxyl groups is 1. The molecule has 2 aliphatic rings. The minimum atomic E-state index is -2.42. The zero-order chi connectivity index (χ0) is 32.9. The van der Waals surface area contributed by atoms with E-state index in [1.807, 2.05) is 6.92 Å². The fourth-order valence-electron chi connectivity index (χ4n) is 6.02. The Morgan fingerprint density at radius 2 is 1.51 bits per heavy atom. The lowest BCUT2D eigenvalue weighted by Gasteiger charge is -2.49. The fraction of sp³-hybridized carbons (Fsp3) is 0.529. The van der Waals surface area contributed by atoms with Crippen molar-refractivity contribution in [1.82, 2.24) is 0 Å². The van der Waals surface area contributed by atoms with Gasteiger partial charge in [-0.1, -0.05) is 31.2 Å². The monoisotopic (exact) mass is 626 g/mol.